The van der Waals surface area contributed by atoms with Gasteiger partial charge in [-0.05, 0) is 50.3 Å². The van der Waals surface area contributed by atoms with Crippen molar-refractivity contribution in [3.8, 4) is 5.75 Å². The van der Waals surface area contributed by atoms with Gasteiger partial charge >= 0.3 is 0 Å². The number of methoxy groups -OCH3 is 3. The third-order valence-electron chi connectivity index (χ3n) is 6.18. The lowest BCUT2D eigenvalue weighted by Gasteiger charge is -2.43. The molecule has 2 fully saturated rings. The number of nitrogens with zero attached hydrogens (tertiary/aromatic N) is 1. The van der Waals surface area contributed by atoms with Crippen LogP contribution in [-0.4, -0.2) is 57.1 Å². The van der Waals surface area contributed by atoms with Crippen LogP contribution in [-0.2, 0) is 27.4 Å². The van der Waals surface area contributed by atoms with Crippen LogP contribution >= 0.6 is 0 Å². The maximum atomic E-state index is 6.04. The molecule has 0 radical (unpaired) electrons. The standard InChI is InChI=1S/C21H33NO4/c1-5-26-15-17-12-16(6-7-19(17)24-3)14-22-11-10-21(25-4)9-8-18(23-2)13-20(21)22/h6-7,12,18,20H,5,8-11,13-15H2,1-4H3/t18-,20+,21-/m1/s1. The van der Waals surface area contributed by atoms with Crippen LogP contribution in [0.3, 0.4) is 0 Å². The number of hydrogen-bond acceptors (Lipinski definition) is 5. The SMILES string of the molecule is CCOCc1cc(CN2CC[C@]3(OC)CC[C@@H](OC)C[C@H]23)ccc1OC. The van der Waals surface area contributed by atoms with Crippen molar-refractivity contribution in [3.63, 3.8) is 0 Å². The topological polar surface area (TPSA) is 40.2 Å². The van der Waals surface area contributed by atoms with Crippen molar-refractivity contribution in [2.45, 2.75) is 63.5 Å². The maximum Gasteiger partial charge on any atom is 0.124 e. The lowest BCUT2D eigenvalue weighted by atomic mass is 9.79. The average molecular weight is 363 g/mol. The van der Waals surface area contributed by atoms with Crippen molar-refractivity contribution >= 4 is 0 Å². The minimum Gasteiger partial charge on any atom is -0.496 e. The van der Waals surface area contributed by atoms with Gasteiger partial charge in [-0.1, -0.05) is 6.07 Å². The normalized spacial score (nSPS) is 28.9. The van der Waals surface area contributed by atoms with E-state index in [0.717, 1.165) is 50.1 Å². The maximum absolute atomic E-state index is 6.04. The zero-order valence-corrected chi connectivity index (χ0v) is 16.6. The summed E-state index contributed by atoms with van der Waals surface area (Å²) >= 11 is 0. The van der Waals surface area contributed by atoms with E-state index in [1.54, 1.807) is 7.11 Å². The molecule has 3 atom stereocenters. The fourth-order valence-corrected chi connectivity index (χ4v) is 4.65. The molecular formula is C21H33NO4. The number of likely N-dealkylation sites (tertiary alicyclic amines) is 1. The molecule has 1 aromatic rings. The summed E-state index contributed by atoms with van der Waals surface area (Å²) in [5.41, 5.74) is 2.41. The van der Waals surface area contributed by atoms with Gasteiger partial charge in [-0.25, -0.2) is 0 Å². The summed E-state index contributed by atoms with van der Waals surface area (Å²) < 4.78 is 22.8. The minimum absolute atomic E-state index is 0.00431. The molecule has 0 bridgehead atoms. The van der Waals surface area contributed by atoms with Gasteiger partial charge in [-0.15, -0.1) is 0 Å². The first-order valence-corrected chi connectivity index (χ1v) is 9.71. The summed E-state index contributed by atoms with van der Waals surface area (Å²) in [7, 11) is 5.41. The van der Waals surface area contributed by atoms with Crippen LogP contribution in [0.5, 0.6) is 5.75 Å². The largest absolute Gasteiger partial charge is 0.496 e. The van der Waals surface area contributed by atoms with E-state index >= 15 is 0 Å². The average Bonchev–Trinajstić information content (AvgIpc) is 3.04. The fraction of sp³-hybridized carbons (Fsp3) is 0.714. The smallest absolute Gasteiger partial charge is 0.124 e. The van der Waals surface area contributed by atoms with Crippen LogP contribution in [0.2, 0.25) is 0 Å². The van der Waals surface area contributed by atoms with E-state index in [2.05, 4.69) is 23.1 Å². The van der Waals surface area contributed by atoms with Crippen LogP contribution in [0.4, 0.5) is 0 Å². The third kappa shape index (κ3) is 3.91. The number of fused-ring (bicyclic) bond motifs is 1. The van der Waals surface area contributed by atoms with Crippen LogP contribution in [0.1, 0.15) is 43.7 Å². The summed E-state index contributed by atoms with van der Waals surface area (Å²) in [5, 5.41) is 0. The van der Waals surface area contributed by atoms with E-state index in [9.17, 15) is 0 Å². The van der Waals surface area contributed by atoms with Crippen molar-refractivity contribution in [2.24, 2.45) is 0 Å². The van der Waals surface area contributed by atoms with Gasteiger partial charge in [0.2, 0.25) is 0 Å². The van der Waals surface area contributed by atoms with E-state index in [4.69, 9.17) is 18.9 Å². The summed E-state index contributed by atoms with van der Waals surface area (Å²) in [6.45, 7) is 5.30. The molecular weight excluding hydrogens is 330 g/mol. The molecule has 0 aromatic heterocycles. The lowest BCUT2D eigenvalue weighted by Crippen LogP contribution is -2.51. The van der Waals surface area contributed by atoms with E-state index in [0.29, 0.717) is 25.4 Å². The van der Waals surface area contributed by atoms with Crippen LogP contribution in [0.25, 0.3) is 0 Å². The van der Waals surface area contributed by atoms with Crippen LogP contribution in [0.15, 0.2) is 18.2 Å². The van der Waals surface area contributed by atoms with Crippen molar-refractivity contribution in [1.82, 2.24) is 4.90 Å². The highest BCUT2D eigenvalue weighted by Crippen LogP contribution is 2.43. The van der Waals surface area contributed by atoms with Gasteiger partial charge in [0.25, 0.3) is 0 Å². The number of benzene rings is 1. The van der Waals surface area contributed by atoms with Crippen molar-refractivity contribution < 1.29 is 18.9 Å². The molecule has 5 heteroatoms. The Morgan fingerprint density at radius 3 is 2.73 bits per heavy atom. The number of hydrogen-bond donors (Lipinski definition) is 0. The Morgan fingerprint density at radius 2 is 2.04 bits per heavy atom. The van der Waals surface area contributed by atoms with Crippen molar-refractivity contribution in [1.29, 1.82) is 0 Å². The molecule has 0 N–H and O–H groups in total. The predicted molar refractivity (Wildman–Crippen MR) is 102 cm³/mol. The molecule has 1 aliphatic carbocycles. The van der Waals surface area contributed by atoms with E-state index in [-0.39, 0.29) is 5.60 Å². The van der Waals surface area contributed by atoms with Crippen LogP contribution in [0, 0.1) is 0 Å². The highest BCUT2D eigenvalue weighted by Gasteiger charge is 2.50. The van der Waals surface area contributed by atoms with Gasteiger partial charge in [0, 0.05) is 45.5 Å². The summed E-state index contributed by atoms with van der Waals surface area (Å²) in [6, 6.07) is 6.86. The fourth-order valence-electron chi connectivity index (χ4n) is 4.65. The van der Waals surface area contributed by atoms with Gasteiger partial charge in [-0.3, -0.25) is 4.90 Å². The Bertz CT molecular complexity index is 593. The first-order valence-electron chi connectivity index (χ1n) is 9.71. The van der Waals surface area contributed by atoms with Gasteiger partial charge in [0.15, 0.2) is 0 Å². The lowest BCUT2D eigenvalue weighted by molar-refractivity contribution is -0.0947. The Kier molecular flexibility index (Phi) is 6.56. The third-order valence-corrected chi connectivity index (χ3v) is 6.18. The molecule has 0 spiro atoms. The molecule has 26 heavy (non-hydrogen) atoms. The van der Waals surface area contributed by atoms with Gasteiger partial charge in [-0.2, -0.15) is 0 Å². The van der Waals surface area contributed by atoms with Crippen molar-refractivity contribution in [2.75, 3.05) is 34.5 Å². The first-order chi connectivity index (χ1) is 12.7. The monoisotopic (exact) mass is 363 g/mol. The summed E-state index contributed by atoms with van der Waals surface area (Å²) in [4.78, 5) is 2.57. The van der Waals surface area contributed by atoms with Gasteiger partial charge in [0.1, 0.15) is 5.75 Å². The van der Waals surface area contributed by atoms with Crippen molar-refractivity contribution in [3.05, 3.63) is 29.3 Å². The van der Waals surface area contributed by atoms with Gasteiger partial charge in [0.05, 0.1) is 25.4 Å². The highest BCUT2D eigenvalue weighted by atomic mass is 16.5. The minimum atomic E-state index is -0.00431. The Hall–Kier alpha value is -1.14. The summed E-state index contributed by atoms with van der Waals surface area (Å²) in [6.07, 6.45) is 4.67. The molecule has 1 aromatic carbocycles. The van der Waals surface area contributed by atoms with Crippen LogP contribution < -0.4 is 4.74 Å². The highest BCUT2D eigenvalue weighted by molar-refractivity contribution is 5.37. The zero-order valence-electron chi connectivity index (χ0n) is 16.6. The summed E-state index contributed by atoms with van der Waals surface area (Å²) in [5.74, 6) is 0.895. The molecule has 1 aliphatic heterocycles. The Morgan fingerprint density at radius 1 is 1.19 bits per heavy atom. The molecule has 146 valence electrons. The molecule has 1 heterocycles. The molecule has 1 saturated carbocycles. The second-order valence-corrected chi connectivity index (χ2v) is 7.42. The van der Waals surface area contributed by atoms with E-state index in [1.165, 1.54) is 5.56 Å². The molecule has 1 saturated heterocycles. The molecule has 2 aliphatic rings. The molecule has 5 nitrogen and oxygen atoms in total. The second kappa shape index (κ2) is 8.70. The quantitative estimate of drug-likeness (QED) is 0.708. The second-order valence-electron chi connectivity index (χ2n) is 7.42. The number of ether oxygens (including phenoxy) is 4. The van der Waals surface area contributed by atoms with E-state index in [1.807, 2.05) is 21.1 Å². The molecule has 3 rings (SSSR count). The predicted octanol–water partition coefficient (Wildman–Crippen LogP) is 3.39. The Balaban J connectivity index is 1.75. The Labute approximate surface area is 157 Å². The van der Waals surface area contributed by atoms with E-state index < -0.39 is 0 Å². The van der Waals surface area contributed by atoms with Gasteiger partial charge < -0.3 is 18.9 Å². The first kappa shape index (κ1) is 19.6. The molecule has 0 amide bonds. The number of rotatable bonds is 8. The zero-order chi connectivity index (χ0) is 18.6. The molecule has 0 unspecified atom stereocenters.